The van der Waals surface area contributed by atoms with Crippen LogP contribution < -0.4 is 10.1 Å². The summed E-state index contributed by atoms with van der Waals surface area (Å²) in [5, 5.41) is 4.62. The van der Waals surface area contributed by atoms with E-state index in [1.165, 1.54) is 0 Å². The predicted octanol–water partition coefficient (Wildman–Crippen LogP) is 2.23. The lowest BCUT2D eigenvalue weighted by Crippen LogP contribution is -2.28. The van der Waals surface area contributed by atoms with E-state index in [9.17, 15) is 9.59 Å². The van der Waals surface area contributed by atoms with E-state index in [1.807, 2.05) is 17.5 Å². The molecule has 6 heteroatoms. The van der Waals surface area contributed by atoms with Crippen molar-refractivity contribution in [2.24, 2.45) is 0 Å². The quantitative estimate of drug-likeness (QED) is 0.831. The van der Waals surface area contributed by atoms with Crippen molar-refractivity contribution in [1.82, 2.24) is 5.32 Å². The van der Waals surface area contributed by atoms with Gasteiger partial charge < -0.3 is 14.8 Å². The Morgan fingerprint density at radius 1 is 1.19 bits per heavy atom. The third kappa shape index (κ3) is 4.61. The van der Waals surface area contributed by atoms with Crippen LogP contribution in [0.2, 0.25) is 0 Å². The van der Waals surface area contributed by atoms with Crippen molar-refractivity contribution < 1.29 is 19.1 Å². The molecule has 21 heavy (non-hydrogen) atoms. The van der Waals surface area contributed by atoms with E-state index in [-0.39, 0.29) is 12.5 Å². The highest BCUT2D eigenvalue weighted by atomic mass is 32.1. The number of methoxy groups -OCH3 is 1. The van der Waals surface area contributed by atoms with Gasteiger partial charge in [0.1, 0.15) is 5.75 Å². The lowest BCUT2D eigenvalue weighted by atomic mass is 10.2. The van der Waals surface area contributed by atoms with E-state index >= 15 is 0 Å². The molecule has 0 unspecified atom stereocenters. The Hall–Kier alpha value is -2.34. The average Bonchev–Trinajstić information content (AvgIpc) is 3.04. The van der Waals surface area contributed by atoms with Crippen molar-refractivity contribution in [3.05, 3.63) is 52.2 Å². The molecule has 0 aliphatic rings. The zero-order chi connectivity index (χ0) is 15.1. The number of ether oxygens (including phenoxy) is 2. The standard InChI is InChI=1S/C15H15NO4S/c1-19-12-6-4-11(5-7-12)15(18)20-10-14(17)16-9-13-3-2-8-21-13/h2-8H,9-10H2,1H3,(H,16,17). The van der Waals surface area contributed by atoms with Crippen LogP contribution in [0.15, 0.2) is 41.8 Å². The maximum atomic E-state index is 11.7. The van der Waals surface area contributed by atoms with Crippen molar-refractivity contribution in [2.45, 2.75) is 6.54 Å². The molecule has 0 saturated carbocycles. The number of amides is 1. The topological polar surface area (TPSA) is 64.6 Å². The Morgan fingerprint density at radius 2 is 1.95 bits per heavy atom. The molecule has 1 N–H and O–H groups in total. The summed E-state index contributed by atoms with van der Waals surface area (Å²) in [5.74, 6) is -0.213. The molecule has 0 saturated heterocycles. The van der Waals surface area contributed by atoms with E-state index in [4.69, 9.17) is 9.47 Å². The number of thiophene rings is 1. The van der Waals surface area contributed by atoms with E-state index < -0.39 is 5.97 Å². The highest BCUT2D eigenvalue weighted by Crippen LogP contribution is 2.12. The minimum Gasteiger partial charge on any atom is -0.497 e. The summed E-state index contributed by atoms with van der Waals surface area (Å²) >= 11 is 1.56. The van der Waals surface area contributed by atoms with Gasteiger partial charge in [0.2, 0.25) is 0 Å². The van der Waals surface area contributed by atoms with Gasteiger partial charge in [-0.2, -0.15) is 0 Å². The zero-order valence-electron chi connectivity index (χ0n) is 11.5. The molecular formula is C15H15NO4S. The molecule has 0 aliphatic carbocycles. The van der Waals surface area contributed by atoms with Crippen LogP contribution in [-0.4, -0.2) is 25.6 Å². The second-order valence-electron chi connectivity index (χ2n) is 4.16. The van der Waals surface area contributed by atoms with Gasteiger partial charge in [0.15, 0.2) is 6.61 Å². The summed E-state index contributed by atoms with van der Waals surface area (Å²) in [5.41, 5.74) is 0.377. The van der Waals surface area contributed by atoms with Crippen molar-refractivity contribution in [1.29, 1.82) is 0 Å². The van der Waals surface area contributed by atoms with Gasteiger partial charge in [0.25, 0.3) is 5.91 Å². The van der Waals surface area contributed by atoms with Crippen LogP contribution in [0.5, 0.6) is 5.75 Å². The first-order valence-electron chi connectivity index (χ1n) is 6.29. The van der Waals surface area contributed by atoms with Crippen molar-refractivity contribution in [3.63, 3.8) is 0 Å². The van der Waals surface area contributed by atoms with Gasteiger partial charge in [0, 0.05) is 4.88 Å². The second kappa shape index (κ2) is 7.44. The van der Waals surface area contributed by atoms with E-state index in [0.29, 0.717) is 17.9 Å². The van der Waals surface area contributed by atoms with E-state index in [1.54, 1.807) is 42.7 Å². The fourth-order valence-electron chi connectivity index (χ4n) is 1.59. The SMILES string of the molecule is COc1ccc(C(=O)OCC(=O)NCc2cccs2)cc1. The molecule has 110 valence electrons. The third-order valence-electron chi connectivity index (χ3n) is 2.70. The number of esters is 1. The maximum Gasteiger partial charge on any atom is 0.338 e. The Morgan fingerprint density at radius 3 is 2.57 bits per heavy atom. The van der Waals surface area contributed by atoms with Crippen molar-refractivity contribution in [2.75, 3.05) is 13.7 Å². The highest BCUT2D eigenvalue weighted by Gasteiger charge is 2.10. The van der Waals surface area contributed by atoms with E-state index in [0.717, 1.165) is 4.88 Å². The van der Waals surface area contributed by atoms with Gasteiger partial charge in [-0.05, 0) is 35.7 Å². The Kier molecular flexibility index (Phi) is 5.34. The van der Waals surface area contributed by atoms with Gasteiger partial charge in [0.05, 0.1) is 19.2 Å². The molecule has 0 radical (unpaired) electrons. The first kappa shape index (κ1) is 15.1. The maximum absolute atomic E-state index is 11.7. The third-order valence-corrected chi connectivity index (χ3v) is 3.58. The number of benzene rings is 1. The Balaban J connectivity index is 1.76. The molecule has 0 fully saturated rings. The fourth-order valence-corrected chi connectivity index (χ4v) is 2.24. The number of hydrogen-bond acceptors (Lipinski definition) is 5. The smallest absolute Gasteiger partial charge is 0.338 e. The van der Waals surface area contributed by atoms with Gasteiger partial charge in [-0.25, -0.2) is 4.79 Å². The lowest BCUT2D eigenvalue weighted by molar-refractivity contribution is -0.124. The van der Waals surface area contributed by atoms with Crippen LogP contribution in [0, 0.1) is 0 Å². The minimum atomic E-state index is -0.538. The molecule has 1 aromatic carbocycles. The molecule has 2 aromatic rings. The molecule has 5 nitrogen and oxygen atoms in total. The number of hydrogen-bond donors (Lipinski definition) is 1. The minimum absolute atomic E-state index is 0.295. The highest BCUT2D eigenvalue weighted by molar-refractivity contribution is 7.09. The summed E-state index contributed by atoms with van der Waals surface area (Å²) in [6.07, 6.45) is 0. The fraction of sp³-hybridized carbons (Fsp3) is 0.200. The Labute approximate surface area is 126 Å². The molecule has 1 heterocycles. The first-order chi connectivity index (χ1) is 10.2. The summed E-state index contributed by atoms with van der Waals surface area (Å²) < 4.78 is 9.94. The number of carbonyl (C=O) groups is 2. The van der Waals surface area contributed by atoms with Crippen LogP contribution in [-0.2, 0) is 16.1 Å². The number of rotatable bonds is 6. The molecule has 1 amide bonds. The van der Waals surface area contributed by atoms with Gasteiger partial charge in [-0.3, -0.25) is 4.79 Å². The molecule has 0 aliphatic heterocycles. The summed E-state index contributed by atoms with van der Waals surface area (Å²) in [4.78, 5) is 24.4. The molecular weight excluding hydrogens is 290 g/mol. The summed E-state index contributed by atoms with van der Waals surface area (Å²) in [6, 6.07) is 10.3. The monoisotopic (exact) mass is 305 g/mol. The summed E-state index contributed by atoms with van der Waals surface area (Å²) in [6.45, 7) is 0.146. The number of nitrogens with one attached hydrogen (secondary N) is 1. The normalized spacial score (nSPS) is 9.95. The van der Waals surface area contributed by atoms with Crippen molar-refractivity contribution >= 4 is 23.2 Å². The van der Waals surface area contributed by atoms with Gasteiger partial charge in [-0.15, -0.1) is 11.3 Å². The zero-order valence-corrected chi connectivity index (χ0v) is 12.3. The van der Waals surface area contributed by atoms with Crippen LogP contribution in [0.1, 0.15) is 15.2 Å². The lowest BCUT2D eigenvalue weighted by Gasteiger charge is -2.06. The average molecular weight is 305 g/mol. The predicted molar refractivity (Wildman–Crippen MR) is 79.4 cm³/mol. The number of carbonyl (C=O) groups excluding carboxylic acids is 2. The molecule has 0 spiro atoms. The molecule has 0 bridgehead atoms. The first-order valence-corrected chi connectivity index (χ1v) is 7.17. The van der Waals surface area contributed by atoms with Crippen LogP contribution in [0.3, 0.4) is 0 Å². The molecule has 0 atom stereocenters. The van der Waals surface area contributed by atoms with Crippen LogP contribution in [0.25, 0.3) is 0 Å². The van der Waals surface area contributed by atoms with Gasteiger partial charge in [-0.1, -0.05) is 6.07 Å². The van der Waals surface area contributed by atoms with E-state index in [2.05, 4.69) is 5.32 Å². The van der Waals surface area contributed by atoms with Gasteiger partial charge >= 0.3 is 5.97 Å². The largest absolute Gasteiger partial charge is 0.497 e. The van der Waals surface area contributed by atoms with Crippen LogP contribution >= 0.6 is 11.3 Å². The summed E-state index contributed by atoms with van der Waals surface area (Å²) in [7, 11) is 1.55. The molecule has 1 aromatic heterocycles. The van der Waals surface area contributed by atoms with Crippen molar-refractivity contribution in [3.8, 4) is 5.75 Å². The van der Waals surface area contributed by atoms with Crippen LogP contribution in [0.4, 0.5) is 0 Å². The molecule has 2 rings (SSSR count). The Bertz CT molecular complexity index is 593. The second-order valence-corrected chi connectivity index (χ2v) is 5.19.